The fourth-order valence-electron chi connectivity index (χ4n) is 3.35. The van der Waals surface area contributed by atoms with Crippen molar-refractivity contribution in [1.29, 1.82) is 0 Å². The summed E-state index contributed by atoms with van der Waals surface area (Å²) in [6, 6.07) is 6.04. The van der Waals surface area contributed by atoms with E-state index in [1.807, 2.05) is 19.9 Å². The molecule has 0 fully saturated rings. The van der Waals surface area contributed by atoms with Crippen molar-refractivity contribution in [2.24, 2.45) is 0 Å². The standard InChI is InChI=1S/C25H26O6/c1-13(2)5-10-17-22(28)18(11-20(27)14(3)4)23(29)21-24(30)19(12-31-25(17)21)15-6-8-16(26)9-7-15/h5-9,12,20,26-29H,3,10-11H2,1-2,4H3/t20-/m1/s1. The molecular formula is C25H26O6. The fourth-order valence-corrected chi connectivity index (χ4v) is 3.35. The average molecular weight is 422 g/mol. The van der Waals surface area contributed by atoms with Gasteiger partial charge in [-0.1, -0.05) is 35.9 Å². The van der Waals surface area contributed by atoms with Crippen LogP contribution < -0.4 is 5.43 Å². The van der Waals surface area contributed by atoms with E-state index < -0.39 is 17.3 Å². The lowest BCUT2D eigenvalue weighted by atomic mass is 9.93. The highest BCUT2D eigenvalue weighted by Gasteiger charge is 2.25. The molecule has 1 atom stereocenters. The van der Waals surface area contributed by atoms with Crippen LogP contribution in [-0.2, 0) is 12.8 Å². The Morgan fingerprint density at radius 2 is 1.71 bits per heavy atom. The van der Waals surface area contributed by atoms with Gasteiger partial charge in [0.25, 0.3) is 0 Å². The first kappa shape index (κ1) is 22.2. The number of aliphatic hydroxyl groups is 1. The van der Waals surface area contributed by atoms with E-state index in [4.69, 9.17) is 4.42 Å². The first-order chi connectivity index (χ1) is 14.6. The maximum Gasteiger partial charge on any atom is 0.204 e. The summed E-state index contributed by atoms with van der Waals surface area (Å²) in [6.07, 6.45) is 2.33. The SMILES string of the molecule is C=C(C)[C@H](O)Cc1c(O)c(CC=C(C)C)c2occ(-c3ccc(O)cc3)c(=O)c2c1O. The van der Waals surface area contributed by atoms with Gasteiger partial charge >= 0.3 is 0 Å². The molecule has 3 aromatic rings. The number of benzene rings is 2. The monoisotopic (exact) mass is 422 g/mol. The second kappa shape index (κ2) is 8.70. The highest BCUT2D eigenvalue weighted by atomic mass is 16.3. The molecule has 6 heteroatoms. The van der Waals surface area contributed by atoms with Crippen LogP contribution in [0.3, 0.4) is 0 Å². The molecule has 0 spiro atoms. The molecule has 0 amide bonds. The van der Waals surface area contributed by atoms with Crippen molar-refractivity contribution in [1.82, 2.24) is 0 Å². The van der Waals surface area contributed by atoms with E-state index in [2.05, 4.69) is 6.58 Å². The molecule has 4 N–H and O–H groups in total. The van der Waals surface area contributed by atoms with Crippen LogP contribution in [0.2, 0.25) is 0 Å². The van der Waals surface area contributed by atoms with Gasteiger partial charge in [-0.15, -0.1) is 0 Å². The third kappa shape index (κ3) is 4.34. The van der Waals surface area contributed by atoms with Crippen LogP contribution >= 0.6 is 0 Å². The Morgan fingerprint density at radius 1 is 1.06 bits per heavy atom. The zero-order valence-corrected chi connectivity index (χ0v) is 17.8. The minimum atomic E-state index is -1.00. The summed E-state index contributed by atoms with van der Waals surface area (Å²) in [5.41, 5.74) is 2.22. The molecule has 0 radical (unpaired) electrons. The number of aliphatic hydroxyl groups excluding tert-OH is 1. The lowest BCUT2D eigenvalue weighted by Crippen LogP contribution is -2.13. The lowest BCUT2D eigenvalue weighted by molar-refractivity contribution is 0.209. The largest absolute Gasteiger partial charge is 0.508 e. The van der Waals surface area contributed by atoms with Gasteiger partial charge in [0.1, 0.15) is 34.5 Å². The van der Waals surface area contributed by atoms with Crippen LogP contribution in [0.4, 0.5) is 0 Å². The Hall–Kier alpha value is -3.51. The fraction of sp³-hybridized carbons (Fsp3) is 0.240. The van der Waals surface area contributed by atoms with Crippen molar-refractivity contribution >= 4 is 11.0 Å². The van der Waals surface area contributed by atoms with Crippen molar-refractivity contribution in [3.05, 3.63) is 75.7 Å². The van der Waals surface area contributed by atoms with Crippen molar-refractivity contribution in [3.63, 3.8) is 0 Å². The Morgan fingerprint density at radius 3 is 2.29 bits per heavy atom. The van der Waals surface area contributed by atoms with E-state index in [9.17, 15) is 25.2 Å². The molecule has 1 aromatic heterocycles. The lowest BCUT2D eigenvalue weighted by Gasteiger charge is -2.17. The predicted octanol–water partition coefficient (Wildman–Crippen LogP) is 4.57. The number of fused-ring (bicyclic) bond motifs is 1. The molecule has 3 rings (SSSR count). The van der Waals surface area contributed by atoms with E-state index in [1.54, 1.807) is 19.1 Å². The van der Waals surface area contributed by atoms with Crippen molar-refractivity contribution in [2.45, 2.75) is 39.7 Å². The Balaban J connectivity index is 2.34. The smallest absolute Gasteiger partial charge is 0.204 e. The van der Waals surface area contributed by atoms with Gasteiger partial charge in [-0.25, -0.2) is 0 Å². The minimum Gasteiger partial charge on any atom is -0.508 e. The summed E-state index contributed by atoms with van der Waals surface area (Å²) >= 11 is 0. The van der Waals surface area contributed by atoms with E-state index >= 15 is 0 Å². The molecule has 0 saturated carbocycles. The topological polar surface area (TPSA) is 111 Å². The summed E-state index contributed by atoms with van der Waals surface area (Å²) in [5.74, 6) is -0.590. The van der Waals surface area contributed by atoms with Gasteiger partial charge in [0.05, 0.1) is 11.7 Å². The minimum absolute atomic E-state index is 0.0572. The van der Waals surface area contributed by atoms with Gasteiger partial charge in [0.15, 0.2) is 0 Å². The maximum absolute atomic E-state index is 13.3. The summed E-state index contributed by atoms with van der Waals surface area (Å²) in [4.78, 5) is 13.3. The second-order valence-electron chi connectivity index (χ2n) is 7.94. The number of hydrogen-bond acceptors (Lipinski definition) is 6. The molecule has 6 nitrogen and oxygen atoms in total. The number of hydrogen-bond donors (Lipinski definition) is 4. The molecule has 2 aromatic carbocycles. The molecular weight excluding hydrogens is 396 g/mol. The molecule has 0 saturated heterocycles. The van der Waals surface area contributed by atoms with Crippen molar-refractivity contribution < 1.29 is 24.8 Å². The summed E-state index contributed by atoms with van der Waals surface area (Å²) < 4.78 is 5.75. The van der Waals surface area contributed by atoms with Crippen LogP contribution in [-0.4, -0.2) is 26.5 Å². The van der Waals surface area contributed by atoms with Gasteiger partial charge < -0.3 is 24.8 Å². The third-order valence-corrected chi connectivity index (χ3v) is 5.22. The summed E-state index contributed by atoms with van der Waals surface area (Å²) in [6.45, 7) is 9.16. The molecule has 162 valence electrons. The normalized spacial score (nSPS) is 12.0. The van der Waals surface area contributed by atoms with Gasteiger partial charge in [-0.2, -0.15) is 0 Å². The number of aromatic hydroxyl groups is 3. The number of allylic oxidation sites excluding steroid dienone is 2. The zero-order valence-electron chi connectivity index (χ0n) is 17.8. The van der Waals surface area contributed by atoms with Crippen molar-refractivity contribution in [3.8, 4) is 28.4 Å². The Labute approximate surface area is 180 Å². The Kier molecular flexibility index (Phi) is 6.22. The molecule has 0 unspecified atom stereocenters. The first-order valence-electron chi connectivity index (χ1n) is 9.89. The summed E-state index contributed by atoms with van der Waals surface area (Å²) in [5, 5.41) is 41.6. The quantitative estimate of drug-likeness (QED) is 0.433. The number of phenolic OH excluding ortho intramolecular Hbond substituents is 3. The predicted molar refractivity (Wildman–Crippen MR) is 121 cm³/mol. The molecule has 31 heavy (non-hydrogen) atoms. The van der Waals surface area contributed by atoms with Gasteiger partial charge in [0.2, 0.25) is 5.43 Å². The number of rotatable bonds is 6. The van der Waals surface area contributed by atoms with Crippen LogP contribution in [0.1, 0.15) is 31.9 Å². The Bertz CT molecular complexity index is 1230. The highest BCUT2D eigenvalue weighted by molar-refractivity contribution is 5.92. The molecule has 1 heterocycles. The van der Waals surface area contributed by atoms with E-state index in [0.29, 0.717) is 16.7 Å². The molecule has 0 aliphatic carbocycles. The molecule has 0 aliphatic heterocycles. The summed E-state index contributed by atoms with van der Waals surface area (Å²) in [7, 11) is 0. The molecule has 0 bridgehead atoms. The third-order valence-electron chi connectivity index (χ3n) is 5.22. The highest BCUT2D eigenvalue weighted by Crippen LogP contribution is 2.40. The van der Waals surface area contributed by atoms with E-state index in [1.165, 1.54) is 18.4 Å². The van der Waals surface area contributed by atoms with E-state index in [0.717, 1.165) is 5.57 Å². The van der Waals surface area contributed by atoms with Gasteiger partial charge in [-0.05, 0) is 44.9 Å². The molecule has 0 aliphatic rings. The van der Waals surface area contributed by atoms with Gasteiger partial charge in [0, 0.05) is 17.5 Å². The van der Waals surface area contributed by atoms with Crippen molar-refractivity contribution in [2.75, 3.05) is 0 Å². The van der Waals surface area contributed by atoms with Gasteiger partial charge in [-0.3, -0.25) is 4.79 Å². The zero-order chi connectivity index (χ0) is 22.9. The van der Waals surface area contributed by atoms with E-state index in [-0.39, 0.29) is 46.4 Å². The van der Waals surface area contributed by atoms with Crippen LogP contribution in [0.15, 0.2) is 63.5 Å². The first-order valence-corrected chi connectivity index (χ1v) is 9.89. The second-order valence-corrected chi connectivity index (χ2v) is 7.94. The maximum atomic E-state index is 13.3. The number of phenols is 3. The van der Waals surface area contributed by atoms with Crippen LogP contribution in [0, 0.1) is 0 Å². The van der Waals surface area contributed by atoms with Crippen LogP contribution in [0.25, 0.3) is 22.1 Å². The van der Waals surface area contributed by atoms with Crippen LogP contribution in [0.5, 0.6) is 17.2 Å². The average Bonchev–Trinajstić information content (AvgIpc) is 2.71.